The van der Waals surface area contributed by atoms with E-state index in [0.717, 1.165) is 23.6 Å². The average Bonchev–Trinajstić information content (AvgIpc) is 2.68. The lowest BCUT2D eigenvalue weighted by Crippen LogP contribution is -2.03. The molecule has 0 aromatic carbocycles. The van der Waals surface area contributed by atoms with Crippen LogP contribution in [-0.4, -0.2) is 12.0 Å². The van der Waals surface area contributed by atoms with Gasteiger partial charge in [0, 0.05) is 18.0 Å². The van der Waals surface area contributed by atoms with Crippen molar-refractivity contribution >= 4 is 12.4 Å². The lowest BCUT2D eigenvalue weighted by Gasteiger charge is -1.95. The number of halogens is 1. The van der Waals surface area contributed by atoms with E-state index in [-0.39, 0.29) is 12.4 Å². The summed E-state index contributed by atoms with van der Waals surface area (Å²) in [5.74, 6) is 1.80. The first-order valence-corrected chi connectivity index (χ1v) is 4.54. The van der Waals surface area contributed by atoms with Crippen LogP contribution in [0.25, 0.3) is 11.3 Å². The maximum atomic E-state index is 5.61. The van der Waals surface area contributed by atoms with Crippen molar-refractivity contribution in [2.45, 2.75) is 6.54 Å². The molecule has 2 aromatic rings. The maximum absolute atomic E-state index is 5.61. The van der Waals surface area contributed by atoms with Crippen molar-refractivity contribution in [3.8, 4) is 11.3 Å². The second-order valence-corrected chi connectivity index (χ2v) is 3.04. The lowest BCUT2D eigenvalue weighted by atomic mass is 10.2. The third-order valence-electron chi connectivity index (χ3n) is 1.96. The van der Waals surface area contributed by atoms with Crippen LogP contribution in [0.3, 0.4) is 0 Å². The number of nitrogens with zero attached hydrogens (tertiary/aromatic N) is 1. The van der Waals surface area contributed by atoms with Gasteiger partial charge in [-0.2, -0.15) is 0 Å². The number of nitrogens with one attached hydrogen (secondary N) is 1. The van der Waals surface area contributed by atoms with Gasteiger partial charge in [0.2, 0.25) is 0 Å². The van der Waals surface area contributed by atoms with Gasteiger partial charge in [0.05, 0.1) is 6.54 Å². The Balaban J connectivity index is 0.00000112. The standard InChI is InChI=1S/C11H12N2O.ClH/c1-12-8-10-4-5-11(14-10)9-3-2-6-13-7-9;/h2-7,12H,8H2,1H3;1H. The van der Waals surface area contributed by atoms with Crippen LogP contribution in [-0.2, 0) is 6.54 Å². The van der Waals surface area contributed by atoms with Crippen LogP contribution < -0.4 is 5.32 Å². The minimum Gasteiger partial charge on any atom is -0.460 e. The lowest BCUT2D eigenvalue weighted by molar-refractivity contribution is 0.507. The number of aromatic nitrogens is 1. The van der Waals surface area contributed by atoms with Gasteiger partial charge in [-0.25, -0.2) is 0 Å². The molecule has 0 atom stereocenters. The summed E-state index contributed by atoms with van der Waals surface area (Å²) in [5.41, 5.74) is 1.01. The molecule has 0 fully saturated rings. The minimum atomic E-state index is 0. The summed E-state index contributed by atoms with van der Waals surface area (Å²) in [6.07, 6.45) is 3.54. The van der Waals surface area contributed by atoms with Crippen molar-refractivity contribution in [3.05, 3.63) is 42.4 Å². The van der Waals surface area contributed by atoms with Crippen LogP contribution in [0.15, 0.2) is 41.1 Å². The third kappa shape index (κ3) is 2.81. The van der Waals surface area contributed by atoms with E-state index in [1.54, 1.807) is 12.4 Å². The fourth-order valence-electron chi connectivity index (χ4n) is 1.31. The van der Waals surface area contributed by atoms with Crippen LogP contribution in [0.4, 0.5) is 0 Å². The fourth-order valence-corrected chi connectivity index (χ4v) is 1.31. The van der Waals surface area contributed by atoms with Crippen LogP contribution in [0.5, 0.6) is 0 Å². The summed E-state index contributed by atoms with van der Waals surface area (Å²) >= 11 is 0. The molecule has 0 aliphatic rings. The molecule has 4 heteroatoms. The Morgan fingerprint density at radius 2 is 2.20 bits per heavy atom. The molecule has 0 aliphatic heterocycles. The van der Waals surface area contributed by atoms with Gasteiger partial charge >= 0.3 is 0 Å². The highest BCUT2D eigenvalue weighted by atomic mass is 35.5. The van der Waals surface area contributed by atoms with Crippen molar-refractivity contribution in [1.29, 1.82) is 0 Å². The van der Waals surface area contributed by atoms with E-state index < -0.39 is 0 Å². The van der Waals surface area contributed by atoms with E-state index >= 15 is 0 Å². The zero-order valence-corrected chi connectivity index (χ0v) is 9.25. The second kappa shape index (κ2) is 5.53. The highest BCUT2D eigenvalue weighted by Gasteiger charge is 2.02. The van der Waals surface area contributed by atoms with E-state index in [1.165, 1.54) is 0 Å². The predicted octanol–water partition coefficient (Wildman–Crippen LogP) is 2.48. The zero-order chi connectivity index (χ0) is 9.80. The SMILES string of the molecule is CNCc1ccc(-c2cccnc2)o1.Cl. The van der Waals surface area contributed by atoms with Crippen LogP contribution in [0, 0.1) is 0 Å². The summed E-state index contributed by atoms with van der Waals surface area (Å²) in [6.45, 7) is 0.750. The quantitative estimate of drug-likeness (QED) is 0.871. The monoisotopic (exact) mass is 224 g/mol. The number of rotatable bonds is 3. The summed E-state index contributed by atoms with van der Waals surface area (Å²) in [6, 6.07) is 7.81. The Kier molecular flexibility index (Phi) is 4.34. The molecule has 0 radical (unpaired) electrons. The van der Waals surface area contributed by atoms with Gasteiger partial charge in [0.15, 0.2) is 0 Å². The molecular formula is C11H13ClN2O. The van der Waals surface area contributed by atoms with E-state index in [2.05, 4.69) is 10.3 Å². The Bertz CT molecular complexity index is 400. The van der Waals surface area contributed by atoms with Gasteiger partial charge in [-0.15, -0.1) is 12.4 Å². The molecule has 2 heterocycles. The minimum absolute atomic E-state index is 0. The van der Waals surface area contributed by atoms with E-state index in [4.69, 9.17) is 4.42 Å². The molecule has 0 saturated heterocycles. The molecule has 2 rings (SSSR count). The molecule has 1 N–H and O–H groups in total. The van der Waals surface area contributed by atoms with E-state index in [1.807, 2.05) is 31.3 Å². The molecule has 0 saturated carbocycles. The third-order valence-corrected chi connectivity index (χ3v) is 1.96. The molecular weight excluding hydrogens is 212 g/mol. The van der Waals surface area contributed by atoms with Gasteiger partial charge < -0.3 is 9.73 Å². The smallest absolute Gasteiger partial charge is 0.135 e. The van der Waals surface area contributed by atoms with E-state index in [0.29, 0.717) is 0 Å². The Morgan fingerprint density at radius 1 is 1.33 bits per heavy atom. The zero-order valence-electron chi connectivity index (χ0n) is 8.43. The average molecular weight is 225 g/mol. The molecule has 0 bridgehead atoms. The first-order chi connectivity index (χ1) is 6.90. The fraction of sp³-hybridized carbons (Fsp3) is 0.182. The molecule has 0 amide bonds. The molecule has 0 unspecified atom stereocenters. The number of pyridine rings is 1. The normalized spacial score (nSPS) is 9.67. The van der Waals surface area contributed by atoms with Crippen LogP contribution in [0.2, 0.25) is 0 Å². The molecule has 0 aliphatic carbocycles. The highest BCUT2D eigenvalue weighted by Crippen LogP contribution is 2.20. The molecule has 3 nitrogen and oxygen atoms in total. The number of furan rings is 1. The summed E-state index contributed by atoms with van der Waals surface area (Å²) in [5, 5.41) is 3.04. The van der Waals surface area contributed by atoms with Gasteiger partial charge in [0.1, 0.15) is 11.5 Å². The maximum Gasteiger partial charge on any atom is 0.135 e. The van der Waals surface area contributed by atoms with Gasteiger partial charge in [-0.05, 0) is 31.3 Å². The largest absolute Gasteiger partial charge is 0.460 e. The summed E-state index contributed by atoms with van der Waals surface area (Å²) < 4.78 is 5.61. The van der Waals surface area contributed by atoms with E-state index in [9.17, 15) is 0 Å². The van der Waals surface area contributed by atoms with Gasteiger partial charge in [-0.1, -0.05) is 0 Å². The van der Waals surface area contributed by atoms with Crippen molar-refractivity contribution in [2.24, 2.45) is 0 Å². The summed E-state index contributed by atoms with van der Waals surface area (Å²) in [4.78, 5) is 4.04. The van der Waals surface area contributed by atoms with Crippen molar-refractivity contribution < 1.29 is 4.42 Å². The first kappa shape index (κ1) is 11.8. The number of hydrogen-bond donors (Lipinski definition) is 1. The molecule has 80 valence electrons. The van der Waals surface area contributed by atoms with Crippen molar-refractivity contribution in [1.82, 2.24) is 10.3 Å². The number of hydrogen-bond acceptors (Lipinski definition) is 3. The van der Waals surface area contributed by atoms with Crippen molar-refractivity contribution in [3.63, 3.8) is 0 Å². The first-order valence-electron chi connectivity index (χ1n) is 4.54. The Labute approximate surface area is 94.9 Å². The predicted molar refractivity (Wildman–Crippen MR) is 62.0 cm³/mol. The van der Waals surface area contributed by atoms with Gasteiger partial charge in [0.25, 0.3) is 0 Å². The Hall–Kier alpha value is -1.32. The van der Waals surface area contributed by atoms with Gasteiger partial charge in [-0.3, -0.25) is 4.98 Å². The summed E-state index contributed by atoms with van der Waals surface area (Å²) in [7, 11) is 1.90. The van der Waals surface area contributed by atoms with Crippen LogP contribution >= 0.6 is 12.4 Å². The molecule has 0 spiro atoms. The molecule has 15 heavy (non-hydrogen) atoms. The molecule has 2 aromatic heterocycles. The van der Waals surface area contributed by atoms with Crippen molar-refractivity contribution in [2.75, 3.05) is 7.05 Å². The Morgan fingerprint density at radius 3 is 2.87 bits per heavy atom. The highest BCUT2D eigenvalue weighted by molar-refractivity contribution is 5.85. The van der Waals surface area contributed by atoms with Crippen LogP contribution in [0.1, 0.15) is 5.76 Å². The second-order valence-electron chi connectivity index (χ2n) is 3.04. The topological polar surface area (TPSA) is 38.1 Å².